The summed E-state index contributed by atoms with van der Waals surface area (Å²) in [5, 5.41) is 8.67. The second-order valence-corrected chi connectivity index (χ2v) is 6.55. The van der Waals surface area contributed by atoms with Crippen molar-refractivity contribution in [3.63, 3.8) is 0 Å². The second kappa shape index (κ2) is 9.03. The number of carbonyl (C=O) groups excluding carboxylic acids is 3. The van der Waals surface area contributed by atoms with Crippen LogP contribution in [0.2, 0.25) is 0 Å². The normalized spacial score (nSPS) is 13.0. The first-order chi connectivity index (χ1) is 13.6. The third-order valence-electron chi connectivity index (χ3n) is 4.59. The van der Waals surface area contributed by atoms with Gasteiger partial charge in [-0.2, -0.15) is 0 Å². The molecule has 3 N–H and O–H groups in total. The average molecular weight is 381 g/mol. The fourth-order valence-corrected chi connectivity index (χ4v) is 3.10. The van der Waals surface area contributed by atoms with E-state index in [0.29, 0.717) is 11.3 Å². The van der Waals surface area contributed by atoms with Gasteiger partial charge in [-0.3, -0.25) is 9.59 Å². The zero-order valence-corrected chi connectivity index (χ0v) is 15.7. The number of rotatable bonds is 7. The fourth-order valence-electron chi connectivity index (χ4n) is 3.10. The highest BCUT2D eigenvalue weighted by Gasteiger charge is 2.24. The van der Waals surface area contributed by atoms with E-state index >= 15 is 0 Å². The van der Waals surface area contributed by atoms with Crippen LogP contribution in [0.15, 0.2) is 48.5 Å². The Morgan fingerprint density at radius 2 is 1.93 bits per heavy atom. The summed E-state index contributed by atoms with van der Waals surface area (Å²) in [5.41, 5.74) is 3.26. The number of amides is 2. The molecule has 2 aromatic rings. The number of fused-ring (bicyclic) bond motifs is 1. The summed E-state index contributed by atoms with van der Waals surface area (Å²) in [6, 6.07) is 13.5. The molecule has 0 bridgehead atoms. The Morgan fingerprint density at radius 1 is 1.14 bits per heavy atom. The monoisotopic (exact) mass is 381 g/mol. The van der Waals surface area contributed by atoms with Crippen molar-refractivity contribution in [2.45, 2.75) is 25.3 Å². The molecular formula is C21H23N3O4. The van der Waals surface area contributed by atoms with Crippen molar-refractivity contribution in [1.82, 2.24) is 5.32 Å². The third kappa shape index (κ3) is 4.88. The molecule has 2 aromatic carbocycles. The van der Waals surface area contributed by atoms with Crippen LogP contribution >= 0.6 is 0 Å². The first-order valence-electron chi connectivity index (χ1n) is 9.17. The predicted octanol–water partition coefficient (Wildman–Crippen LogP) is 2.34. The Bertz CT molecular complexity index is 867. The lowest BCUT2D eigenvalue weighted by molar-refractivity contribution is -0.143. The first kappa shape index (κ1) is 19.4. The van der Waals surface area contributed by atoms with Gasteiger partial charge in [0, 0.05) is 29.9 Å². The third-order valence-corrected chi connectivity index (χ3v) is 4.59. The molecule has 7 nitrogen and oxygen atoms in total. The van der Waals surface area contributed by atoms with Crippen molar-refractivity contribution in [1.29, 1.82) is 0 Å². The van der Waals surface area contributed by atoms with Crippen LogP contribution in [0, 0.1) is 0 Å². The van der Waals surface area contributed by atoms with E-state index in [4.69, 9.17) is 4.74 Å². The lowest BCUT2D eigenvalue weighted by Crippen LogP contribution is -2.42. The van der Waals surface area contributed by atoms with Gasteiger partial charge < -0.3 is 20.7 Å². The van der Waals surface area contributed by atoms with Crippen molar-refractivity contribution >= 4 is 29.2 Å². The molecule has 0 radical (unpaired) electrons. The van der Waals surface area contributed by atoms with E-state index in [1.54, 1.807) is 18.2 Å². The number of ether oxygens (including phenoxy) is 1. The maximum Gasteiger partial charge on any atom is 0.328 e. The predicted molar refractivity (Wildman–Crippen MR) is 106 cm³/mol. The second-order valence-electron chi connectivity index (χ2n) is 6.55. The van der Waals surface area contributed by atoms with Gasteiger partial charge in [0.2, 0.25) is 5.91 Å². The van der Waals surface area contributed by atoms with Crippen molar-refractivity contribution in [2.24, 2.45) is 0 Å². The minimum atomic E-state index is -0.898. The molecule has 7 heteroatoms. The summed E-state index contributed by atoms with van der Waals surface area (Å²) < 4.78 is 4.78. The summed E-state index contributed by atoms with van der Waals surface area (Å²) in [5.74, 6) is -1.18. The molecule has 0 aliphatic carbocycles. The Morgan fingerprint density at radius 3 is 2.68 bits per heavy atom. The maximum atomic E-state index is 12.6. The smallest absolute Gasteiger partial charge is 0.328 e. The van der Waals surface area contributed by atoms with E-state index in [2.05, 4.69) is 16.0 Å². The summed E-state index contributed by atoms with van der Waals surface area (Å²) in [4.78, 5) is 36.8. The zero-order chi connectivity index (χ0) is 19.9. The highest BCUT2D eigenvalue weighted by molar-refractivity contribution is 5.98. The van der Waals surface area contributed by atoms with Gasteiger partial charge in [0.05, 0.1) is 7.11 Å². The highest BCUT2D eigenvalue weighted by atomic mass is 16.5. The molecule has 28 heavy (non-hydrogen) atoms. The summed E-state index contributed by atoms with van der Waals surface area (Å²) in [6.45, 7) is 0.849. The van der Waals surface area contributed by atoms with Gasteiger partial charge in [0.15, 0.2) is 0 Å². The number of nitrogens with one attached hydrogen (secondary N) is 3. The van der Waals surface area contributed by atoms with E-state index in [1.165, 1.54) is 7.11 Å². The highest BCUT2D eigenvalue weighted by Crippen LogP contribution is 2.23. The van der Waals surface area contributed by atoms with E-state index in [1.807, 2.05) is 30.3 Å². The van der Waals surface area contributed by atoms with Crippen molar-refractivity contribution in [3.05, 3.63) is 59.7 Å². The van der Waals surface area contributed by atoms with Crippen LogP contribution in [0.1, 0.15) is 28.8 Å². The van der Waals surface area contributed by atoms with Gasteiger partial charge in [-0.15, -0.1) is 0 Å². The Balaban J connectivity index is 1.59. The van der Waals surface area contributed by atoms with E-state index in [9.17, 15) is 14.4 Å². The summed E-state index contributed by atoms with van der Waals surface area (Å²) in [6.07, 6.45) is 1.07. The lowest BCUT2D eigenvalue weighted by Gasteiger charge is -2.17. The largest absolute Gasteiger partial charge is 0.467 e. The number of benzene rings is 2. The van der Waals surface area contributed by atoms with Gasteiger partial charge in [0.25, 0.3) is 5.91 Å². The fraction of sp³-hybridized carbons (Fsp3) is 0.286. The van der Waals surface area contributed by atoms with Crippen LogP contribution < -0.4 is 16.0 Å². The maximum absolute atomic E-state index is 12.6. The lowest BCUT2D eigenvalue weighted by atomic mass is 10.1. The number of esters is 1. The van der Waals surface area contributed by atoms with Gasteiger partial charge in [-0.25, -0.2) is 4.79 Å². The number of methoxy groups -OCH3 is 1. The van der Waals surface area contributed by atoms with E-state index in [0.717, 1.165) is 24.2 Å². The van der Waals surface area contributed by atoms with Crippen molar-refractivity contribution < 1.29 is 19.1 Å². The molecule has 0 saturated carbocycles. The van der Waals surface area contributed by atoms with Crippen LogP contribution in [-0.2, 0) is 20.7 Å². The molecule has 2 amide bonds. The van der Waals surface area contributed by atoms with Gasteiger partial charge in [-0.05, 0) is 48.7 Å². The molecule has 0 aromatic heterocycles. The molecule has 1 aliphatic rings. The summed E-state index contributed by atoms with van der Waals surface area (Å²) in [7, 11) is 1.26. The molecule has 1 aliphatic heterocycles. The number of hydrogen-bond acceptors (Lipinski definition) is 5. The Labute approximate surface area is 163 Å². The molecule has 0 spiro atoms. The topological polar surface area (TPSA) is 96.5 Å². The van der Waals surface area contributed by atoms with Gasteiger partial charge in [-0.1, -0.05) is 18.2 Å². The Kier molecular flexibility index (Phi) is 6.26. The Hall–Kier alpha value is -3.35. The number of carbonyl (C=O) groups is 3. The standard InChI is InChI=1S/C21H23N3O4/c1-28-21(27)18(9-10-19(25)23-16-5-3-2-4-6-16)24-20(26)15-7-8-17-14(13-15)11-12-22-17/h2-8,13,18,22H,9-12H2,1H3,(H,23,25)(H,24,26)/t18-/m0/s1. The van der Waals surface area contributed by atoms with Crippen molar-refractivity contribution in [2.75, 3.05) is 24.3 Å². The van der Waals surface area contributed by atoms with Crippen LogP contribution in [0.5, 0.6) is 0 Å². The molecule has 1 atom stereocenters. The zero-order valence-electron chi connectivity index (χ0n) is 15.7. The average Bonchev–Trinajstić information content (AvgIpc) is 3.19. The quantitative estimate of drug-likeness (QED) is 0.640. The van der Waals surface area contributed by atoms with Crippen molar-refractivity contribution in [3.8, 4) is 0 Å². The minimum Gasteiger partial charge on any atom is -0.467 e. The van der Waals surface area contributed by atoms with Crippen LogP contribution in [0.4, 0.5) is 11.4 Å². The number of anilines is 2. The van der Waals surface area contributed by atoms with Gasteiger partial charge in [0.1, 0.15) is 6.04 Å². The van der Waals surface area contributed by atoms with Crippen LogP contribution in [-0.4, -0.2) is 37.5 Å². The van der Waals surface area contributed by atoms with Gasteiger partial charge >= 0.3 is 5.97 Å². The molecule has 3 rings (SSSR count). The van der Waals surface area contributed by atoms with Crippen LogP contribution in [0.3, 0.4) is 0 Å². The summed E-state index contributed by atoms with van der Waals surface area (Å²) >= 11 is 0. The first-order valence-corrected chi connectivity index (χ1v) is 9.17. The molecule has 1 heterocycles. The SMILES string of the molecule is COC(=O)[C@H](CCC(=O)Nc1ccccc1)NC(=O)c1ccc2c(c1)CCN2. The molecule has 146 valence electrons. The number of para-hydroxylation sites is 1. The van der Waals surface area contributed by atoms with E-state index in [-0.39, 0.29) is 24.7 Å². The minimum absolute atomic E-state index is 0.0725. The number of hydrogen-bond donors (Lipinski definition) is 3. The molecule has 0 saturated heterocycles. The van der Waals surface area contributed by atoms with E-state index < -0.39 is 12.0 Å². The van der Waals surface area contributed by atoms with Crippen LogP contribution in [0.25, 0.3) is 0 Å². The molecular weight excluding hydrogens is 358 g/mol. The molecule has 0 fully saturated rings. The molecule has 0 unspecified atom stereocenters.